The van der Waals surface area contributed by atoms with Gasteiger partial charge in [0.1, 0.15) is 0 Å². The van der Waals surface area contributed by atoms with Gasteiger partial charge in [0.15, 0.2) is 11.5 Å². The Kier molecular flexibility index (Phi) is 5.84. The highest BCUT2D eigenvalue weighted by Crippen LogP contribution is 2.36. The molecule has 1 aliphatic rings. The quantitative estimate of drug-likeness (QED) is 0.807. The van der Waals surface area contributed by atoms with Crippen LogP contribution in [0.2, 0.25) is 5.02 Å². The Morgan fingerprint density at radius 2 is 1.96 bits per heavy atom. The first-order valence-electron chi connectivity index (χ1n) is 8.57. The first-order chi connectivity index (χ1) is 12.6. The van der Waals surface area contributed by atoms with E-state index in [0.29, 0.717) is 16.5 Å². The van der Waals surface area contributed by atoms with Crippen molar-refractivity contribution in [1.29, 1.82) is 0 Å². The molecule has 0 spiro atoms. The van der Waals surface area contributed by atoms with Gasteiger partial charge in [-0.1, -0.05) is 35.9 Å². The highest BCUT2D eigenvalue weighted by Gasteiger charge is 2.19. The van der Waals surface area contributed by atoms with E-state index in [-0.39, 0.29) is 11.9 Å². The van der Waals surface area contributed by atoms with E-state index in [2.05, 4.69) is 23.5 Å². The summed E-state index contributed by atoms with van der Waals surface area (Å²) >= 11 is 6.19. The van der Waals surface area contributed by atoms with Crippen molar-refractivity contribution in [3.8, 4) is 11.5 Å². The van der Waals surface area contributed by atoms with Crippen LogP contribution >= 0.6 is 11.6 Å². The van der Waals surface area contributed by atoms with Crippen LogP contribution in [0.4, 0.5) is 0 Å². The maximum absolute atomic E-state index is 12.3. The summed E-state index contributed by atoms with van der Waals surface area (Å²) in [5.74, 6) is 0.904. The molecular weight excluding hydrogens is 350 g/mol. The molecule has 5 heteroatoms. The van der Waals surface area contributed by atoms with Gasteiger partial charge in [-0.25, -0.2) is 0 Å². The summed E-state index contributed by atoms with van der Waals surface area (Å²) in [6, 6.07) is 12.1. The SMILES string of the molecule is COc1cc(/C=C/C(=O)NC2CCc3ccccc3C2)cc(Cl)c1OC. The van der Waals surface area contributed by atoms with Crippen molar-refractivity contribution in [3.05, 3.63) is 64.2 Å². The smallest absolute Gasteiger partial charge is 0.244 e. The average Bonchev–Trinajstić information content (AvgIpc) is 2.65. The standard InChI is InChI=1S/C21H22ClNO3/c1-25-19-12-14(11-18(22)21(19)26-2)7-10-20(24)23-17-9-8-15-5-3-4-6-16(15)13-17/h3-7,10-12,17H,8-9,13H2,1-2H3,(H,23,24)/b10-7+. The zero-order valence-corrected chi connectivity index (χ0v) is 15.7. The predicted molar refractivity (Wildman–Crippen MR) is 104 cm³/mol. The third-order valence-corrected chi connectivity index (χ3v) is 4.86. The monoisotopic (exact) mass is 371 g/mol. The van der Waals surface area contributed by atoms with E-state index in [0.717, 1.165) is 24.8 Å². The van der Waals surface area contributed by atoms with Crippen LogP contribution in [0.5, 0.6) is 11.5 Å². The first kappa shape index (κ1) is 18.3. The number of carbonyl (C=O) groups is 1. The summed E-state index contributed by atoms with van der Waals surface area (Å²) in [6.45, 7) is 0. The predicted octanol–water partition coefficient (Wildman–Crippen LogP) is 4.04. The zero-order chi connectivity index (χ0) is 18.5. The Balaban J connectivity index is 1.64. The van der Waals surface area contributed by atoms with E-state index in [1.165, 1.54) is 24.3 Å². The van der Waals surface area contributed by atoms with Gasteiger partial charge < -0.3 is 14.8 Å². The molecule has 2 aromatic rings. The van der Waals surface area contributed by atoms with E-state index in [9.17, 15) is 4.79 Å². The van der Waals surface area contributed by atoms with Crippen LogP contribution in [-0.2, 0) is 17.6 Å². The molecule has 0 radical (unpaired) electrons. The van der Waals surface area contributed by atoms with Crippen molar-refractivity contribution >= 4 is 23.6 Å². The molecule has 1 atom stereocenters. The normalized spacial score (nSPS) is 16.2. The van der Waals surface area contributed by atoms with Crippen molar-refractivity contribution in [2.75, 3.05) is 14.2 Å². The lowest BCUT2D eigenvalue weighted by Crippen LogP contribution is -2.37. The fourth-order valence-electron chi connectivity index (χ4n) is 3.28. The van der Waals surface area contributed by atoms with E-state index >= 15 is 0 Å². The third-order valence-electron chi connectivity index (χ3n) is 4.58. The Morgan fingerprint density at radius 1 is 1.19 bits per heavy atom. The number of halogens is 1. The number of hydrogen-bond acceptors (Lipinski definition) is 3. The zero-order valence-electron chi connectivity index (χ0n) is 14.9. The number of nitrogens with one attached hydrogen (secondary N) is 1. The molecule has 0 saturated carbocycles. The minimum Gasteiger partial charge on any atom is -0.493 e. The molecule has 1 N–H and O–H groups in total. The summed E-state index contributed by atoms with van der Waals surface area (Å²) in [4.78, 5) is 12.3. The molecule has 3 rings (SSSR count). The highest BCUT2D eigenvalue weighted by molar-refractivity contribution is 6.32. The van der Waals surface area contributed by atoms with Crippen LogP contribution in [-0.4, -0.2) is 26.2 Å². The van der Waals surface area contributed by atoms with Crippen molar-refractivity contribution in [3.63, 3.8) is 0 Å². The number of hydrogen-bond donors (Lipinski definition) is 1. The minimum atomic E-state index is -0.111. The lowest BCUT2D eigenvalue weighted by molar-refractivity contribution is -0.117. The second-order valence-corrected chi connectivity index (χ2v) is 6.70. The fraction of sp³-hybridized carbons (Fsp3) is 0.286. The topological polar surface area (TPSA) is 47.6 Å². The number of amides is 1. The number of carbonyl (C=O) groups excluding carboxylic acids is 1. The molecule has 26 heavy (non-hydrogen) atoms. The molecule has 0 bridgehead atoms. The molecule has 1 amide bonds. The van der Waals surface area contributed by atoms with Crippen LogP contribution < -0.4 is 14.8 Å². The Labute approximate surface area is 158 Å². The van der Waals surface area contributed by atoms with Gasteiger partial charge in [-0.3, -0.25) is 4.79 Å². The Hall–Kier alpha value is -2.46. The molecule has 2 aromatic carbocycles. The molecule has 136 valence electrons. The highest BCUT2D eigenvalue weighted by atomic mass is 35.5. The fourth-order valence-corrected chi connectivity index (χ4v) is 3.57. The second kappa shape index (κ2) is 8.28. The lowest BCUT2D eigenvalue weighted by Gasteiger charge is -2.25. The number of rotatable bonds is 5. The Morgan fingerprint density at radius 3 is 2.69 bits per heavy atom. The molecule has 0 heterocycles. The number of ether oxygens (including phenoxy) is 2. The van der Waals surface area contributed by atoms with Gasteiger partial charge in [-0.15, -0.1) is 0 Å². The molecule has 0 aromatic heterocycles. The van der Waals surface area contributed by atoms with Gasteiger partial charge in [0.25, 0.3) is 0 Å². The van der Waals surface area contributed by atoms with Gasteiger partial charge in [0, 0.05) is 12.1 Å². The summed E-state index contributed by atoms with van der Waals surface area (Å²) in [5.41, 5.74) is 3.48. The maximum atomic E-state index is 12.3. The molecule has 0 aliphatic heterocycles. The van der Waals surface area contributed by atoms with Gasteiger partial charge >= 0.3 is 0 Å². The van der Waals surface area contributed by atoms with Crippen molar-refractivity contribution in [2.45, 2.75) is 25.3 Å². The molecule has 1 unspecified atom stereocenters. The van der Waals surface area contributed by atoms with Crippen LogP contribution in [0.15, 0.2) is 42.5 Å². The number of fused-ring (bicyclic) bond motifs is 1. The molecule has 1 aliphatic carbocycles. The molecular formula is C21H22ClNO3. The van der Waals surface area contributed by atoms with Gasteiger partial charge in [0.05, 0.1) is 19.2 Å². The van der Waals surface area contributed by atoms with Crippen LogP contribution in [0.25, 0.3) is 6.08 Å². The van der Waals surface area contributed by atoms with Gasteiger partial charge in [-0.2, -0.15) is 0 Å². The average molecular weight is 372 g/mol. The van der Waals surface area contributed by atoms with Gasteiger partial charge in [0.2, 0.25) is 5.91 Å². The maximum Gasteiger partial charge on any atom is 0.244 e. The van der Waals surface area contributed by atoms with E-state index in [1.54, 1.807) is 25.3 Å². The minimum absolute atomic E-state index is 0.111. The second-order valence-electron chi connectivity index (χ2n) is 6.29. The van der Waals surface area contributed by atoms with E-state index in [1.807, 2.05) is 6.07 Å². The molecule has 4 nitrogen and oxygen atoms in total. The van der Waals surface area contributed by atoms with Crippen molar-refractivity contribution in [1.82, 2.24) is 5.32 Å². The van der Waals surface area contributed by atoms with Gasteiger partial charge in [-0.05, 0) is 54.2 Å². The molecule has 0 saturated heterocycles. The first-order valence-corrected chi connectivity index (χ1v) is 8.95. The summed E-state index contributed by atoms with van der Waals surface area (Å²) in [5, 5.41) is 3.52. The van der Waals surface area contributed by atoms with Crippen molar-refractivity contribution in [2.24, 2.45) is 0 Å². The Bertz CT molecular complexity index is 832. The third kappa shape index (κ3) is 4.20. The largest absolute Gasteiger partial charge is 0.493 e. The summed E-state index contributed by atoms with van der Waals surface area (Å²) in [7, 11) is 3.09. The number of benzene rings is 2. The van der Waals surface area contributed by atoms with Crippen molar-refractivity contribution < 1.29 is 14.3 Å². The van der Waals surface area contributed by atoms with E-state index in [4.69, 9.17) is 21.1 Å². The van der Waals surface area contributed by atoms with Crippen LogP contribution in [0.3, 0.4) is 0 Å². The lowest BCUT2D eigenvalue weighted by atomic mass is 9.88. The molecule has 0 fully saturated rings. The van der Waals surface area contributed by atoms with Crippen LogP contribution in [0, 0.1) is 0 Å². The van der Waals surface area contributed by atoms with E-state index < -0.39 is 0 Å². The summed E-state index contributed by atoms with van der Waals surface area (Å²) in [6.07, 6.45) is 6.07. The van der Waals surface area contributed by atoms with Crippen LogP contribution in [0.1, 0.15) is 23.1 Å². The summed E-state index contributed by atoms with van der Waals surface area (Å²) < 4.78 is 10.5. The number of aryl methyl sites for hydroxylation is 1. The number of methoxy groups -OCH3 is 2.